The molecule has 1 saturated carbocycles. The van der Waals surface area contributed by atoms with E-state index < -0.39 is 11.6 Å². The third kappa shape index (κ3) is 3.06. The highest BCUT2D eigenvalue weighted by Crippen LogP contribution is 2.27. The fourth-order valence-electron chi connectivity index (χ4n) is 2.67. The Morgan fingerprint density at radius 2 is 2.11 bits per heavy atom. The van der Waals surface area contributed by atoms with Gasteiger partial charge < -0.3 is 11.1 Å². The number of hydrogen-bond acceptors (Lipinski definition) is 2. The molecule has 0 spiro atoms. The van der Waals surface area contributed by atoms with Crippen LogP contribution in [-0.2, 0) is 0 Å². The molecular formula is C14H20F2N2. The first-order valence-corrected chi connectivity index (χ1v) is 6.51. The SMILES string of the molecule is CC1CCC(NC(CN)c2ccc(F)c(F)c2)C1. The smallest absolute Gasteiger partial charge is 0.159 e. The molecule has 1 aromatic carbocycles. The van der Waals surface area contributed by atoms with Gasteiger partial charge in [0, 0.05) is 18.6 Å². The zero-order chi connectivity index (χ0) is 13.1. The van der Waals surface area contributed by atoms with E-state index in [0.29, 0.717) is 12.6 Å². The number of nitrogens with one attached hydrogen (secondary N) is 1. The van der Waals surface area contributed by atoms with E-state index in [2.05, 4.69) is 12.2 Å². The average molecular weight is 254 g/mol. The molecule has 3 unspecified atom stereocenters. The fraction of sp³-hybridized carbons (Fsp3) is 0.571. The first-order chi connectivity index (χ1) is 8.60. The van der Waals surface area contributed by atoms with E-state index in [1.165, 1.54) is 12.5 Å². The first kappa shape index (κ1) is 13.4. The molecule has 1 aliphatic carbocycles. The summed E-state index contributed by atoms with van der Waals surface area (Å²) in [6.07, 6.45) is 3.47. The van der Waals surface area contributed by atoms with Gasteiger partial charge in [-0.3, -0.25) is 0 Å². The summed E-state index contributed by atoms with van der Waals surface area (Å²) in [6.45, 7) is 2.62. The zero-order valence-electron chi connectivity index (χ0n) is 10.6. The number of hydrogen-bond donors (Lipinski definition) is 2. The van der Waals surface area contributed by atoms with E-state index in [1.807, 2.05) is 0 Å². The third-order valence-corrected chi connectivity index (χ3v) is 3.71. The Bertz CT molecular complexity index is 409. The molecule has 0 amide bonds. The maximum atomic E-state index is 13.2. The predicted molar refractivity (Wildman–Crippen MR) is 68.1 cm³/mol. The molecule has 2 nitrogen and oxygen atoms in total. The van der Waals surface area contributed by atoms with Gasteiger partial charge in [0.25, 0.3) is 0 Å². The molecule has 18 heavy (non-hydrogen) atoms. The molecule has 2 rings (SSSR count). The normalized spacial score (nSPS) is 25.3. The molecule has 0 saturated heterocycles. The van der Waals surface area contributed by atoms with Gasteiger partial charge in [-0.15, -0.1) is 0 Å². The monoisotopic (exact) mass is 254 g/mol. The van der Waals surface area contributed by atoms with Gasteiger partial charge in [0.05, 0.1) is 0 Å². The van der Waals surface area contributed by atoms with Gasteiger partial charge in [-0.1, -0.05) is 13.0 Å². The molecule has 3 N–H and O–H groups in total. The second-order valence-corrected chi connectivity index (χ2v) is 5.24. The fourth-order valence-corrected chi connectivity index (χ4v) is 2.67. The van der Waals surface area contributed by atoms with Crippen LogP contribution in [-0.4, -0.2) is 12.6 Å². The molecule has 0 bridgehead atoms. The second kappa shape index (κ2) is 5.76. The molecule has 3 atom stereocenters. The molecule has 0 heterocycles. The Kier molecular flexibility index (Phi) is 4.30. The van der Waals surface area contributed by atoms with Crippen LogP contribution in [0.15, 0.2) is 18.2 Å². The topological polar surface area (TPSA) is 38.0 Å². The summed E-state index contributed by atoms with van der Waals surface area (Å²) < 4.78 is 26.1. The number of halogens is 2. The van der Waals surface area contributed by atoms with Crippen LogP contribution in [0.1, 0.15) is 37.8 Å². The minimum absolute atomic E-state index is 0.101. The van der Waals surface area contributed by atoms with Crippen molar-refractivity contribution in [2.24, 2.45) is 11.7 Å². The Balaban J connectivity index is 2.05. The molecule has 1 aromatic rings. The summed E-state index contributed by atoms with van der Waals surface area (Å²) in [5.74, 6) is -0.901. The quantitative estimate of drug-likeness (QED) is 0.867. The van der Waals surface area contributed by atoms with Crippen molar-refractivity contribution in [1.82, 2.24) is 5.32 Å². The Morgan fingerprint density at radius 1 is 1.33 bits per heavy atom. The zero-order valence-corrected chi connectivity index (χ0v) is 10.6. The van der Waals surface area contributed by atoms with Crippen molar-refractivity contribution in [3.8, 4) is 0 Å². The van der Waals surface area contributed by atoms with Crippen LogP contribution < -0.4 is 11.1 Å². The lowest BCUT2D eigenvalue weighted by Gasteiger charge is -2.22. The summed E-state index contributed by atoms with van der Waals surface area (Å²) in [4.78, 5) is 0. The maximum absolute atomic E-state index is 13.2. The van der Waals surface area contributed by atoms with Crippen LogP contribution in [0.25, 0.3) is 0 Å². The molecule has 4 heteroatoms. The van der Waals surface area contributed by atoms with Crippen LogP contribution in [0, 0.1) is 17.6 Å². The maximum Gasteiger partial charge on any atom is 0.159 e. The van der Waals surface area contributed by atoms with Crippen molar-refractivity contribution in [2.45, 2.75) is 38.3 Å². The lowest BCUT2D eigenvalue weighted by Crippen LogP contribution is -2.35. The van der Waals surface area contributed by atoms with Crippen molar-refractivity contribution in [3.63, 3.8) is 0 Å². The molecule has 0 aromatic heterocycles. The molecule has 0 radical (unpaired) electrons. The Morgan fingerprint density at radius 3 is 2.67 bits per heavy atom. The van der Waals surface area contributed by atoms with Crippen molar-refractivity contribution in [2.75, 3.05) is 6.54 Å². The van der Waals surface area contributed by atoms with Crippen molar-refractivity contribution in [3.05, 3.63) is 35.4 Å². The van der Waals surface area contributed by atoms with Crippen molar-refractivity contribution < 1.29 is 8.78 Å². The van der Waals surface area contributed by atoms with Crippen LogP contribution in [0.4, 0.5) is 8.78 Å². The summed E-state index contributed by atoms with van der Waals surface area (Å²) in [5, 5.41) is 3.44. The summed E-state index contributed by atoms with van der Waals surface area (Å²) in [6, 6.07) is 4.32. The van der Waals surface area contributed by atoms with Gasteiger partial charge in [-0.2, -0.15) is 0 Å². The molecule has 1 aliphatic rings. The third-order valence-electron chi connectivity index (χ3n) is 3.71. The Labute approximate surface area is 107 Å². The van der Waals surface area contributed by atoms with Gasteiger partial charge in [0.15, 0.2) is 11.6 Å². The highest BCUT2D eigenvalue weighted by atomic mass is 19.2. The van der Waals surface area contributed by atoms with Crippen molar-refractivity contribution >= 4 is 0 Å². The molecular weight excluding hydrogens is 234 g/mol. The Hall–Kier alpha value is -1.00. The second-order valence-electron chi connectivity index (χ2n) is 5.24. The van der Waals surface area contributed by atoms with E-state index in [1.54, 1.807) is 6.07 Å². The largest absolute Gasteiger partial charge is 0.329 e. The summed E-state index contributed by atoms with van der Waals surface area (Å²) >= 11 is 0. The number of benzene rings is 1. The first-order valence-electron chi connectivity index (χ1n) is 6.51. The van der Waals surface area contributed by atoms with Gasteiger partial charge in [0.2, 0.25) is 0 Å². The highest BCUT2D eigenvalue weighted by Gasteiger charge is 2.24. The minimum atomic E-state index is -0.816. The van der Waals surface area contributed by atoms with E-state index in [9.17, 15) is 8.78 Å². The number of nitrogens with two attached hydrogens (primary N) is 1. The highest BCUT2D eigenvalue weighted by molar-refractivity contribution is 5.21. The van der Waals surface area contributed by atoms with Gasteiger partial charge >= 0.3 is 0 Å². The summed E-state index contributed by atoms with van der Waals surface area (Å²) in [7, 11) is 0. The average Bonchev–Trinajstić information content (AvgIpc) is 2.75. The van der Waals surface area contributed by atoms with Gasteiger partial charge in [-0.05, 0) is 42.9 Å². The molecule has 1 fully saturated rings. The van der Waals surface area contributed by atoms with Crippen LogP contribution in [0.2, 0.25) is 0 Å². The minimum Gasteiger partial charge on any atom is -0.329 e. The lowest BCUT2D eigenvalue weighted by atomic mass is 10.0. The number of rotatable bonds is 4. The van der Waals surface area contributed by atoms with Crippen molar-refractivity contribution in [1.29, 1.82) is 0 Å². The van der Waals surface area contributed by atoms with E-state index in [0.717, 1.165) is 30.4 Å². The molecule has 100 valence electrons. The van der Waals surface area contributed by atoms with Crippen LogP contribution in [0.5, 0.6) is 0 Å². The van der Waals surface area contributed by atoms with E-state index >= 15 is 0 Å². The standard InChI is InChI=1S/C14H20F2N2/c1-9-2-4-11(6-9)18-14(8-17)10-3-5-12(15)13(16)7-10/h3,5,7,9,11,14,18H,2,4,6,8,17H2,1H3. The van der Waals surface area contributed by atoms with E-state index in [4.69, 9.17) is 5.73 Å². The van der Waals surface area contributed by atoms with E-state index in [-0.39, 0.29) is 6.04 Å². The predicted octanol–water partition coefficient (Wildman–Crippen LogP) is 2.74. The van der Waals surface area contributed by atoms with Gasteiger partial charge in [0.1, 0.15) is 0 Å². The van der Waals surface area contributed by atoms with Crippen LogP contribution in [0.3, 0.4) is 0 Å². The lowest BCUT2D eigenvalue weighted by molar-refractivity contribution is 0.430. The van der Waals surface area contributed by atoms with Gasteiger partial charge in [-0.25, -0.2) is 8.78 Å². The summed E-state index contributed by atoms with van der Waals surface area (Å²) in [5.41, 5.74) is 6.45. The van der Waals surface area contributed by atoms with Crippen LogP contribution >= 0.6 is 0 Å². The molecule has 0 aliphatic heterocycles.